The van der Waals surface area contributed by atoms with Gasteiger partial charge in [0.1, 0.15) is 11.7 Å². The largest absolute Gasteiger partial charge is 0.339 e. The van der Waals surface area contributed by atoms with Crippen LogP contribution in [0.3, 0.4) is 0 Å². The second-order valence-corrected chi connectivity index (χ2v) is 6.48. The van der Waals surface area contributed by atoms with Gasteiger partial charge in [-0.2, -0.15) is 0 Å². The van der Waals surface area contributed by atoms with E-state index in [0.29, 0.717) is 5.69 Å². The number of aryl methyl sites for hydroxylation is 2. The summed E-state index contributed by atoms with van der Waals surface area (Å²) in [5, 5.41) is 2.42. The molecule has 0 bridgehead atoms. The van der Waals surface area contributed by atoms with E-state index in [2.05, 4.69) is 5.43 Å². The number of carbonyl (C=O) groups excluding carboxylic acids is 2. The minimum absolute atomic E-state index is 0.197. The van der Waals surface area contributed by atoms with Crippen LogP contribution in [0.4, 0.5) is 0 Å². The van der Waals surface area contributed by atoms with Crippen LogP contribution in [0.15, 0.2) is 48.5 Å². The van der Waals surface area contributed by atoms with Crippen LogP contribution < -0.4 is 5.43 Å². The van der Waals surface area contributed by atoms with Crippen molar-refractivity contribution in [3.8, 4) is 0 Å². The number of nitrogens with zero attached hydrogens (tertiary/aromatic N) is 2. The minimum atomic E-state index is -0.350. The summed E-state index contributed by atoms with van der Waals surface area (Å²) in [6.45, 7) is 3.50. The van der Waals surface area contributed by atoms with Crippen molar-refractivity contribution in [3.05, 3.63) is 70.9 Å². The molecule has 3 aromatic rings. The Labute approximate surface area is 145 Å². The van der Waals surface area contributed by atoms with Crippen molar-refractivity contribution in [2.75, 3.05) is 0 Å². The average molecular weight is 333 g/mol. The van der Waals surface area contributed by atoms with Gasteiger partial charge in [-0.05, 0) is 18.6 Å². The standard InChI is InChI=1S/C20H19N3O2/c1-12-8-10-14(11-9-12)18-17-15-6-4-5-7-16(15)22(3)19(17)20(25)21-23(18)13(2)24/h4-11,18H,1-3H3,(H,21,25). The fourth-order valence-corrected chi connectivity index (χ4v) is 3.66. The summed E-state index contributed by atoms with van der Waals surface area (Å²) < 4.78 is 1.90. The summed E-state index contributed by atoms with van der Waals surface area (Å²) in [5.74, 6) is -0.454. The van der Waals surface area contributed by atoms with Crippen LogP contribution in [0, 0.1) is 6.92 Å². The maximum Gasteiger partial charge on any atom is 0.286 e. The zero-order valence-corrected chi connectivity index (χ0v) is 14.4. The van der Waals surface area contributed by atoms with Crippen LogP contribution in [0.2, 0.25) is 0 Å². The van der Waals surface area contributed by atoms with E-state index in [4.69, 9.17) is 0 Å². The van der Waals surface area contributed by atoms with E-state index in [1.54, 1.807) is 0 Å². The Balaban J connectivity index is 2.05. The van der Waals surface area contributed by atoms with Gasteiger partial charge in [-0.1, -0.05) is 48.0 Å². The summed E-state index contributed by atoms with van der Waals surface area (Å²) in [7, 11) is 1.89. The Kier molecular flexibility index (Phi) is 3.39. The van der Waals surface area contributed by atoms with E-state index in [9.17, 15) is 9.59 Å². The van der Waals surface area contributed by atoms with Gasteiger partial charge < -0.3 is 4.57 Å². The van der Waals surface area contributed by atoms with Crippen LogP contribution in [0.1, 0.15) is 40.1 Å². The van der Waals surface area contributed by atoms with Gasteiger partial charge in [0.25, 0.3) is 5.91 Å². The summed E-state index contributed by atoms with van der Waals surface area (Å²) in [6.07, 6.45) is 0. The highest BCUT2D eigenvalue weighted by Gasteiger charge is 2.38. The van der Waals surface area contributed by atoms with Crippen LogP contribution in [-0.2, 0) is 11.8 Å². The molecule has 0 radical (unpaired) electrons. The summed E-state index contributed by atoms with van der Waals surface area (Å²) in [6, 6.07) is 15.6. The lowest BCUT2D eigenvalue weighted by atomic mass is 9.93. The quantitative estimate of drug-likeness (QED) is 0.744. The third-order valence-corrected chi connectivity index (χ3v) is 4.85. The second-order valence-electron chi connectivity index (χ2n) is 6.48. The molecule has 1 aromatic heterocycles. The number of fused-ring (bicyclic) bond motifs is 3. The van der Waals surface area contributed by atoms with Gasteiger partial charge in [-0.15, -0.1) is 0 Å². The minimum Gasteiger partial charge on any atom is -0.339 e. The number of amides is 2. The number of hydrogen-bond donors (Lipinski definition) is 1. The highest BCUT2D eigenvalue weighted by Crippen LogP contribution is 2.39. The molecule has 25 heavy (non-hydrogen) atoms. The average Bonchev–Trinajstić information content (AvgIpc) is 2.90. The first-order chi connectivity index (χ1) is 12.0. The summed E-state index contributed by atoms with van der Waals surface area (Å²) in [4.78, 5) is 24.9. The maximum atomic E-state index is 12.7. The molecule has 0 spiro atoms. The van der Waals surface area contributed by atoms with Crippen molar-refractivity contribution in [1.82, 2.24) is 15.0 Å². The lowest BCUT2D eigenvalue weighted by Gasteiger charge is -2.36. The van der Waals surface area contributed by atoms with Crippen molar-refractivity contribution < 1.29 is 9.59 Å². The van der Waals surface area contributed by atoms with Crippen molar-refractivity contribution in [2.24, 2.45) is 7.05 Å². The first-order valence-electron chi connectivity index (χ1n) is 8.23. The molecular weight excluding hydrogens is 314 g/mol. The highest BCUT2D eigenvalue weighted by atomic mass is 16.2. The molecular formula is C20H19N3O2. The topological polar surface area (TPSA) is 54.3 Å². The van der Waals surface area contributed by atoms with Gasteiger partial charge in [-0.3, -0.25) is 15.0 Å². The fraction of sp³-hybridized carbons (Fsp3) is 0.200. The molecule has 0 fully saturated rings. The predicted molar refractivity (Wildman–Crippen MR) is 95.9 cm³/mol. The fourth-order valence-electron chi connectivity index (χ4n) is 3.66. The first kappa shape index (κ1) is 15.4. The summed E-state index contributed by atoms with van der Waals surface area (Å²) >= 11 is 0. The van der Waals surface area contributed by atoms with E-state index in [1.165, 1.54) is 11.9 Å². The molecule has 0 saturated heterocycles. The molecule has 1 N–H and O–H groups in total. The maximum absolute atomic E-state index is 12.7. The zero-order valence-electron chi connectivity index (χ0n) is 14.4. The lowest BCUT2D eigenvalue weighted by molar-refractivity contribution is -0.133. The van der Waals surface area contributed by atoms with Gasteiger partial charge in [0.15, 0.2) is 0 Å². The Morgan fingerprint density at radius 1 is 1.08 bits per heavy atom. The molecule has 2 aromatic carbocycles. The SMILES string of the molecule is CC(=O)N1NC(=O)c2c(c3ccccc3n2C)C1c1ccc(C)cc1. The van der Waals surface area contributed by atoms with Gasteiger partial charge >= 0.3 is 0 Å². The van der Waals surface area contributed by atoms with Gasteiger partial charge in [0.2, 0.25) is 5.91 Å². The van der Waals surface area contributed by atoms with E-state index >= 15 is 0 Å². The monoisotopic (exact) mass is 333 g/mol. The Morgan fingerprint density at radius 3 is 2.44 bits per heavy atom. The molecule has 1 aliphatic rings. The molecule has 1 atom stereocenters. The number of para-hydroxylation sites is 1. The molecule has 4 rings (SSSR count). The molecule has 1 unspecified atom stereocenters. The molecule has 0 aliphatic carbocycles. The Morgan fingerprint density at radius 2 is 1.76 bits per heavy atom. The smallest absolute Gasteiger partial charge is 0.286 e. The van der Waals surface area contributed by atoms with E-state index < -0.39 is 0 Å². The zero-order chi connectivity index (χ0) is 17.7. The van der Waals surface area contributed by atoms with Crippen LogP contribution in [0.5, 0.6) is 0 Å². The van der Waals surface area contributed by atoms with Crippen LogP contribution in [-0.4, -0.2) is 21.4 Å². The number of carbonyl (C=O) groups is 2. The van der Waals surface area contributed by atoms with Crippen molar-refractivity contribution in [1.29, 1.82) is 0 Å². The molecule has 126 valence electrons. The normalized spacial score (nSPS) is 16.7. The molecule has 5 nitrogen and oxygen atoms in total. The molecule has 1 aliphatic heterocycles. The van der Waals surface area contributed by atoms with E-state index in [1.807, 2.05) is 67.1 Å². The number of nitrogens with one attached hydrogen (secondary N) is 1. The van der Waals surface area contributed by atoms with Crippen molar-refractivity contribution in [2.45, 2.75) is 19.9 Å². The Hall–Kier alpha value is -3.08. The molecule has 2 amide bonds. The summed E-state index contributed by atoms with van der Waals surface area (Å²) in [5.41, 5.74) is 7.33. The number of benzene rings is 2. The third kappa shape index (κ3) is 2.23. The number of hydrogen-bond acceptors (Lipinski definition) is 2. The van der Waals surface area contributed by atoms with Gasteiger partial charge in [0.05, 0.1) is 0 Å². The van der Waals surface area contributed by atoms with Crippen LogP contribution >= 0.6 is 0 Å². The van der Waals surface area contributed by atoms with Gasteiger partial charge in [-0.25, -0.2) is 5.01 Å². The third-order valence-electron chi connectivity index (χ3n) is 4.85. The van der Waals surface area contributed by atoms with E-state index in [-0.39, 0.29) is 17.9 Å². The lowest BCUT2D eigenvalue weighted by Crippen LogP contribution is -2.51. The highest BCUT2D eigenvalue weighted by molar-refractivity contribution is 6.04. The van der Waals surface area contributed by atoms with E-state index in [0.717, 1.165) is 27.6 Å². The van der Waals surface area contributed by atoms with Crippen LogP contribution in [0.25, 0.3) is 10.9 Å². The van der Waals surface area contributed by atoms with Crippen molar-refractivity contribution in [3.63, 3.8) is 0 Å². The predicted octanol–water partition coefficient (Wildman–Crippen LogP) is 3.08. The molecule has 2 heterocycles. The number of aromatic nitrogens is 1. The Bertz CT molecular complexity index is 1000. The number of rotatable bonds is 1. The number of hydrazine groups is 1. The van der Waals surface area contributed by atoms with Gasteiger partial charge in [0, 0.05) is 30.4 Å². The molecule has 5 heteroatoms. The van der Waals surface area contributed by atoms with Crippen molar-refractivity contribution >= 4 is 22.7 Å². The first-order valence-corrected chi connectivity index (χ1v) is 8.23. The molecule has 0 saturated carbocycles. The second kappa shape index (κ2) is 5.48.